The summed E-state index contributed by atoms with van der Waals surface area (Å²) in [5, 5.41) is 2.81. The Labute approximate surface area is 166 Å². The van der Waals surface area contributed by atoms with Gasteiger partial charge >= 0.3 is 6.09 Å². The first-order chi connectivity index (χ1) is 13.3. The van der Waals surface area contributed by atoms with Crippen molar-refractivity contribution in [3.05, 3.63) is 24.3 Å². The lowest BCUT2D eigenvalue weighted by Gasteiger charge is -2.41. The van der Waals surface area contributed by atoms with Crippen LogP contribution in [-0.4, -0.2) is 77.8 Å². The molecule has 0 spiro atoms. The zero-order chi connectivity index (χ0) is 21.2. The Morgan fingerprint density at radius 3 is 2.07 bits per heavy atom. The molecule has 28 heavy (non-hydrogen) atoms. The van der Waals surface area contributed by atoms with Gasteiger partial charge in [0, 0.05) is 21.3 Å². The van der Waals surface area contributed by atoms with E-state index < -0.39 is 36.0 Å². The van der Waals surface area contributed by atoms with Crippen LogP contribution in [0.3, 0.4) is 0 Å². The highest BCUT2D eigenvalue weighted by Gasteiger charge is 2.43. The molecule has 162 valence electrons. The number of nitrogens with one attached hydrogen (secondary N) is 1. The number of hydrogen-bond acceptors (Lipinski definition) is 8. The summed E-state index contributed by atoms with van der Waals surface area (Å²) in [4.78, 5) is 12.3. The van der Waals surface area contributed by atoms with E-state index in [1.54, 1.807) is 32.9 Å². The molecule has 0 radical (unpaired) electrons. The number of rotatable bonds is 11. The van der Waals surface area contributed by atoms with Crippen molar-refractivity contribution in [3.8, 4) is 0 Å². The van der Waals surface area contributed by atoms with Gasteiger partial charge in [0.1, 0.15) is 44.3 Å². The maximum Gasteiger partial charge on any atom is 0.408 e. The summed E-state index contributed by atoms with van der Waals surface area (Å²) >= 11 is 0. The highest BCUT2D eigenvalue weighted by atomic mass is 16.7. The van der Waals surface area contributed by atoms with Crippen LogP contribution in [0.4, 0.5) is 4.79 Å². The van der Waals surface area contributed by atoms with Gasteiger partial charge in [0.2, 0.25) is 0 Å². The van der Waals surface area contributed by atoms with Crippen molar-refractivity contribution in [1.82, 2.24) is 5.32 Å². The third-order valence-electron chi connectivity index (χ3n) is 3.72. The van der Waals surface area contributed by atoms with Crippen molar-refractivity contribution >= 4 is 6.09 Å². The first kappa shape index (κ1) is 24.5. The first-order valence-electron chi connectivity index (χ1n) is 8.92. The lowest BCUT2D eigenvalue weighted by atomic mass is 9.87. The zero-order valence-electron chi connectivity index (χ0n) is 17.6. The Morgan fingerprint density at radius 1 is 1.04 bits per heavy atom. The Balaban J connectivity index is 3.16. The molecule has 9 nitrogen and oxygen atoms in total. The van der Waals surface area contributed by atoms with Gasteiger partial charge in [-0.15, -0.1) is 0 Å². The maximum absolute atomic E-state index is 12.3. The van der Waals surface area contributed by atoms with E-state index in [1.165, 1.54) is 21.3 Å². The Morgan fingerprint density at radius 2 is 1.57 bits per heavy atom. The van der Waals surface area contributed by atoms with E-state index in [0.29, 0.717) is 0 Å². The van der Waals surface area contributed by atoms with Gasteiger partial charge in [-0.05, 0) is 26.3 Å². The quantitative estimate of drug-likeness (QED) is 0.524. The highest BCUT2D eigenvalue weighted by molar-refractivity contribution is 5.68. The Kier molecular flexibility index (Phi) is 10.7. The van der Waals surface area contributed by atoms with Gasteiger partial charge in [0.25, 0.3) is 0 Å². The molecule has 1 aliphatic carbocycles. The number of methoxy groups -OCH3 is 3. The van der Waals surface area contributed by atoms with E-state index in [1.807, 2.05) is 0 Å². The Hall–Kier alpha value is -1.49. The summed E-state index contributed by atoms with van der Waals surface area (Å²) in [6.45, 7) is 9.25. The summed E-state index contributed by atoms with van der Waals surface area (Å²) in [6, 6.07) is -0.567. The van der Waals surface area contributed by atoms with Crippen molar-refractivity contribution in [2.45, 2.75) is 50.7 Å². The molecule has 0 saturated carbocycles. The number of hydrogen-bond donors (Lipinski definition) is 1. The molecule has 0 aromatic heterocycles. The number of ether oxygens (including phenoxy) is 7. The first-order valence-corrected chi connectivity index (χ1v) is 8.92. The molecule has 0 bridgehead atoms. The summed E-state index contributed by atoms with van der Waals surface area (Å²) in [7, 11) is 4.55. The largest absolute Gasteiger partial charge is 0.444 e. The summed E-state index contributed by atoms with van der Waals surface area (Å²) < 4.78 is 37.9. The second-order valence-corrected chi connectivity index (χ2v) is 7.11. The molecule has 1 rings (SSSR count). The van der Waals surface area contributed by atoms with Crippen molar-refractivity contribution in [1.29, 1.82) is 0 Å². The molecule has 0 saturated heterocycles. The van der Waals surface area contributed by atoms with Crippen LogP contribution in [0.15, 0.2) is 24.3 Å². The van der Waals surface area contributed by atoms with Crippen molar-refractivity contribution < 1.29 is 38.0 Å². The summed E-state index contributed by atoms with van der Waals surface area (Å²) in [5.74, 6) is 0. The van der Waals surface area contributed by atoms with Crippen molar-refractivity contribution in [2.24, 2.45) is 0 Å². The van der Waals surface area contributed by atoms with Crippen LogP contribution in [0.1, 0.15) is 20.8 Å². The molecule has 0 aliphatic heterocycles. The molecule has 1 N–H and O–H groups in total. The zero-order valence-corrected chi connectivity index (χ0v) is 17.6. The van der Waals surface area contributed by atoms with Gasteiger partial charge < -0.3 is 38.5 Å². The van der Waals surface area contributed by atoms with Crippen molar-refractivity contribution in [3.63, 3.8) is 0 Å². The highest BCUT2D eigenvalue weighted by Crippen LogP contribution is 2.28. The standard InChI is InChI=1S/C19H33NO8/c1-8-13-9-14(20-18(21)28-19(2,3)4)16(26-11-23-6)17(27-12-24-7)15(13)25-10-22-5/h8-9,14-17H,1,10-12H2,2-7H3,(H,20,21)/t14-,15+,16-,17-/m0/s1. The van der Waals surface area contributed by atoms with Gasteiger partial charge in [-0.3, -0.25) is 0 Å². The molecule has 0 fully saturated rings. The summed E-state index contributed by atoms with van der Waals surface area (Å²) in [6.07, 6.45) is 1.07. The number of carbonyl (C=O) groups is 1. The molecule has 0 heterocycles. The molecule has 0 aromatic rings. The normalized spacial score (nSPS) is 25.1. The monoisotopic (exact) mass is 403 g/mol. The average molecular weight is 403 g/mol. The fourth-order valence-electron chi connectivity index (χ4n) is 2.72. The number of amides is 1. The molecule has 9 heteroatoms. The van der Waals surface area contributed by atoms with Crippen molar-refractivity contribution in [2.75, 3.05) is 41.7 Å². The maximum atomic E-state index is 12.3. The molecule has 1 aliphatic rings. The van der Waals surface area contributed by atoms with Gasteiger partial charge in [-0.1, -0.05) is 18.7 Å². The van der Waals surface area contributed by atoms with E-state index >= 15 is 0 Å². The second-order valence-electron chi connectivity index (χ2n) is 7.11. The number of alkyl carbamates (subject to hydrolysis) is 1. The van der Waals surface area contributed by atoms with Gasteiger partial charge in [-0.25, -0.2) is 4.79 Å². The predicted octanol–water partition coefficient (Wildman–Crippen LogP) is 1.97. The minimum Gasteiger partial charge on any atom is -0.444 e. The topological polar surface area (TPSA) is 93.7 Å². The lowest BCUT2D eigenvalue weighted by Crippen LogP contribution is -2.58. The van der Waals surface area contributed by atoms with Crippen LogP contribution >= 0.6 is 0 Å². The van der Waals surface area contributed by atoms with E-state index in [0.717, 1.165) is 5.57 Å². The Bertz CT molecular complexity index is 517. The fraction of sp³-hybridized carbons (Fsp3) is 0.737. The molecular formula is C19H33NO8. The minimum atomic E-state index is -0.636. The van der Waals surface area contributed by atoms with E-state index in [-0.39, 0.29) is 20.4 Å². The van der Waals surface area contributed by atoms with Crippen LogP contribution in [0, 0.1) is 0 Å². The van der Waals surface area contributed by atoms with Crippen LogP contribution in [-0.2, 0) is 33.2 Å². The third-order valence-corrected chi connectivity index (χ3v) is 3.72. The summed E-state index contributed by atoms with van der Waals surface area (Å²) in [5.41, 5.74) is 0.0827. The van der Waals surface area contributed by atoms with E-state index in [4.69, 9.17) is 33.2 Å². The fourth-order valence-corrected chi connectivity index (χ4v) is 2.72. The minimum absolute atomic E-state index is 0.00172. The van der Waals surface area contributed by atoms with Crippen LogP contribution < -0.4 is 5.32 Å². The third kappa shape index (κ3) is 7.86. The molecular weight excluding hydrogens is 370 g/mol. The molecule has 4 atom stereocenters. The van der Waals surface area contributed by atoms with Gasteiger partial charge in [-0.2, -0.15) is 0 Å². The van der Waals surface area contributed by atoms with E-state index in [9.17, 15) is 4.79 Å². The molecule has 0 aromatic carbocycles. The van der Waals surface area contributed by atoms with E-state index in [2.05, 4.69) is 11.9 Å². The molecule has 0 unspecified atom stereocenters. The second kappa shape index (κ2) is 12.2. The van der Waals surface area contributed by atoms with Crippen LogP contribution in [0.2, 0.25) is 0 Å². The molecule has 1 amide bonds. The van der Waals surface area contributed by atoms with Gasteiger partial charge in [0.05, 0.1) is 6.04 Å². The van der Waals surface area contributed by atoms with Crippen LogP contribution in [0.5, 0.6) is 0 Å². The van der Waals surface area contributed by atoms with Gasteiger partial charge in [0.15, 0.2) is 0 Å². The lowest BCUT2D eigenvalue weighted by molar-refractivity contribution is -0.206. The average Bonchev–Trinajstić information content (AvgIpc) is 2.62. The number of carbonyl (C=O) groups excluding carboxylic acids is 1. The predicted molar refractivity (Wildman–Crippen MR) is 102 cm³/mol. The SMILES string of the molecule is C=CC1=C[C@H](NC(=O)OC(C)(C)C)[C@H](OCOC)[C@@H](OCOC)[C@@H]1OCOC. The van der Waals surface area contributed by atoms with Crippen LogP contribution in [0.25, 0.3) is 0 Å². The smallest absolute Gasteiger partial charge is 0.408 e.